The van der Waals surface area contributed by atoms with Gasteiger partial charge in [0.2, 0.25) is 5.88 Å². The van der Waals surface area contributed by atoms with E-state index >= 15 is 8.78 Å². The second-order valence-corrected chi connectivity index (χ2v) is 13.1. The van der Waals surface area contributed by atoms with Crippen LogP contribution in [0.5, 0.6) is 0 Å². The molecule has 0 saturated carbocycles. The normalized spacial score (nSPS) is 17.5. The number of methoxy groups -OCH3 is 1. The second-order valence-electron chi connectivity index (χ2n) is 11.7. The maximum atomic E-state index is 16.8. The van der Waals surface area contributed by atoms with E-state index in [1.165, 1.54) is 30.6 Å². The van der Waals surface area contributed by atoms with Crippen LogP contribution in [0.15, 0.2) is 57.8 Å². The van der Waals surface area contributed by atoms with Crippen molar-refractivity contribution in [2.75, 3.05) is 14.2 Å². The molecule has 0 N–H and O–H groups in total. The van der Waals surface area contributed by atoms with Crippen LogP contribution in [0.3, 0.4) is 0 Å². The number of allylic oxidation sites excluding steroid dienone is 6. The SMILES string of the molecule is C=C(/N=C1/C(F)=C(c2ccc(F)c3sc(C(C)C)c(C#N)c23)C(Cl)=C/C1=C(/C)N(C)[C@H](CCC(C)C)[C@H](C)CC)OC. The summed E-state index contributed by atoms with van der Waals surface area (Å²) in [7, 11) is 3.46. The number of benzene rings is 1. The van der Waals surface area contributed by atoms with Crippen LogP contribution in [0.2, 0.25) is 0 Å². The summed E-state index contributed by atoms with van der Waals surface area (Å²) in [5, 5.41) is 10.6. The minimum Gasteiger partial charge on any atom is -0.481 e. The van der Waals surface area contributed by atoms with Crippen molar-refractivity contribution >= 4 is 44.3 Å². The monoisotopic (exact) mass is 613 g/mol. The van der Waals surface area contributed by atoms with E-state index in [9.17, 15) is 5.26 Å². The number of hydrogen-bond donors (Lipinski definition) is 0. The van der Waals surface area contributed by atoms with Gasteiger partial charge in [-0.3, -0.25) is 0 Å². The van der Waals surface area contributed by atoms with Crippen LogP contribution < -0.4 is 0 Å². The molecule has 0 aliphatic heterocycles. The Labute approximate surface area is 258 Å². The summed E-state index contributed by atoms with van der Waals surface area (Å²) in [6.45, 7) is 18.5. The van der Waals surface area contributed by atoms with Gasteiger partial charge in [-0.1, -0.05) is 65.6 Å². The van der Waals surface area contributed by atoms with Crippen molar-refractivity contribution in [2.45, 2.75) is 79.7 Å². The smallest absolute Gasteiger partial charge is 0.206 e. The number of aliphatic imine (C=N–C) groups is 1. The fraction of sp³-hybridized carbons (Fsp3) is 0.471. The predicted molar refractivity (Wildman–Crippen MR) is 174 cm³/mol. The Bertz CT molecular complexity index is 1520. The Kier molecular flexibility index (Phi) is 11.2. The molecule has 0 spiro atoms. The molecule has 4 nitrogen and oxygen atoms in total. The van der Waals surface area contributed by atoms with Gasteiger partial charge in [0.1, 0.15) is 17.6 Å². The molecule has 0 radical (unpaired) electrons. The average Bonchev–Trinajstić information content (AvgIpc) is 3.35. The maximum absolute atomic E-state index is 16.8. The third-order valence-corrected chi connectivity index (χ3v) is 9.94. The van der Waals surface area contributed by atoms with Gasteiger partial charge >= 0.3 is 0 Å². The zero-order valence-electron chi connectivity index (χ0n) is 26.2. The molecule has 0 saturated heterocycles. The van der Waals surface area contributed by atoms with Gasteiger partial charge in [0.15, 0.2) is 5.83 Å². The van der Waals surface area contributed by atoms with Crippen LogP contribution >= 0.6 is 22.9 Å². The number of ether oxygens (including phenoxy) is 1. The van der Waals surface area contributed by atoms with E-state index in [-0.39, 0.29) is 34.2 Å². The largest absolute Gasteiger partial charge is 0.481 e. The van der Waals surface area contributed by atoms with Crippen molar-refractivity contribution < 1.29 is 13.5 Å². The Balaban J connectivity index is 2.32. The maximum Gasteiger partial charge on any atom is 0.206 e. The molecule has 1 aromatic heterocycles. The Hall–Kier alpha value is -2.95. The van der Waals surface area contributed by atoms with Gasteiger partial charge < -0.3 is 9.64 Å². The summed E-state index contributed by atoms with van der Waals surface area (Å²) < 4.78 is 37.4. The summed E-state index contributed by atoms with van der Waals surface area (Å²) in [6, 6.07) is 5.25. The molecule has 226 valence electrons. The van der Waals surface area contributed by atoms with Gasteiger partial charge in [0.25, 0.3) is 0 Å². The number of fused-ring (bicyclic) bond motifs is 1. The molecule has 3 rings (SSSR count). The van der Waals surface area contributed by atoms with Crippen LogP contribution in [0, 0.1) is 29.0 Å². The highest BCUT2D eigenvalue weighted by Gasteiger charge is 2.32. The zero-order valence-corrected chi connectivity index (χ0v) is 27.7. The summed E-state index contributed by atoms with van der Waals surface area (Å²) in [5.41, 5.74) is 2.12. The van der Waals surface area contributed by atoms with E-state index in [0.717, 1.165) is 29.8 Å². The first kappa shape index (κ1) is 33.6. The minimum atomic E-state index is -0.681. The third kappa shape index (κ3) is 6.66. The van der Waals surface area contributed by atoms with E-state index in [1.807, 2.05) is 27.8 Å². The number of nitriles is 1. The van der Waals surface area contributed by atoms with Crippen molar-refractivity contribution in [3.8, 4) is 6.07 Å². The molecular formula is C34H42ClF2N3OS. The topological polar surface area (TPSA) is 48.6 Å². The number of nitrogens with zero attached hydrogens (tertiary/aromatic N) is 3. The molecular weight excluding hydrogens is 572 g/mol. The van der Waals surface area contributed by atoms with Gasteiger partial charge in [0, 0.05) is 40.2 Å². The standard InChI is InChI=1S/C34H42ClF2N3OS/c1-11-20(6)28(15-12-18(2)3)40(9)21(7)24-16-26(35)30(31(37)32(24)39-22(8)41-10)23-13-14-27(36)34-29(23)25(17-38)33(42-34)19(4)5/h13-14,16,18-20,28H,8,11-12,15H2,1-7,9-10H3/b24-21+,39-32+/t20-,28-/m1/s1. The van der Waals surface area contributed by atoms with E-state index in [2.05, 4.69) is 50.2 Å². The van der Waals surface area contributed by atoms with Crippen molar-refractivity contribution in [1.29, 1.82) is 5.26 Å². The van der Waals surface area contributed by atoms with Gasteiger partial charge in [-0.25, -0.2) is 13.8 Å². The Morgan fingerprint density at radius 3 is 2.40 bits per heavy atom. The molecule has 0 fully saturated rings. The van der Waals surface area contributed by atoms with Crippen molar-refractivity contribution in [1.82, 2.24) is 4.90 Å². The summed E-state index contributed by atoms with van der Waals surface area (Å²) in [5.74, 6) is -0.146. The highest BCUT2D eigenvalue weighted by atomic mass is 35.5. The molecule has 1 heterocycles. The van der Waals surface area contributed by atoms with Gasteiger partial charge in [-0.2, -0.15) is 5.26 Å². The number of hydrogen-bond acceptors (Lipinski definition) is 5. The van der Waals surface area contributed by atoms with Crippen molar-refractivity contribution in [3.63, 3.8) is 0 Å². The first-order valence-corrected chi connectivity index (χ1v) is 15.7. The molecule has 1 aromatic carbocycles. The lowest BCUT2D eigenvalue weighted by atomic mass is 9.88. The molecule has 42 heavy (non-hydrogen) atoms. The third-order valence-electron chi connectivity index (χ3n) is 8.15. The lowest BCUT2D eigenvalue weighted by molar-refractivity contribution is 0.201. The van der Waals surface area contributed by atoms with E-state index in [0.29, 0.717) is 38.6 Å². The van der Waals surface area contributed by atoms with Crippen LogP contribution in [0.25, 0.3) is 15.7 Å². The van der Waals surface area contributed by atoms with Crippen LogP contribution in [0.4, 0.5) is 8.78 Å². The highest BCUT2D eigenvalue weighted by molar-refractivity contribution is 7.19. The lowest BCUT2D eigenvalue weighted by Gasteiger charge is -2.37. The molecule has 8 heteroatoms. The van der Waals surface area contributed by atoms with Gasteiger partial charge in [-0.05, 0) is 61.8 Å². The summed E-state index contributed by atoms with van der Waals surface area (Å²) in [4.78, 5) is 7.39. The first-order chi connectivity index (χ1) is 19.8. The van der Waals surface area contributed by atoms with E-state index in [1.54, 1.807) is 6.08 Å². The Morgan fingerprint density at radius 1 is 1.19 bits per heavy atom. The molecule has 0 bridgehead atoms. The minimum absolute atomic E-state index is 0.00970. The van der Waals surface area contributed by atoms with Crippen LogP contribution in [0.1, 0.15) is 89.7 Å². The fourth-order valence-corrected chi connectivity index (χ4v) is 6.88. The number of rotatable bonds is 11. The average molecular weight is 614 g/mol. The summed E-state index contributed by atoms with van der Waals surface area (Å²) in [6.07, 6.45) is 4.78. The van der Waals surface area contributed by atoms with Crippen LogP contribution in [-0.4, -0.2) is 30.8 Å². The second kappa shape index (κ2) is 14.0. The highest BCUT2D eigenvalue weighted by Crippen LogP contribution is 2.46. The van der Waals surface area contributed by atoms with E-state index in [4.69, 9.17) is 16.3 Å². The fourth-order valence-electron chi connectivity index (χ4n) is 5.40. The van der Waals surface area contributed by atoms with E-state index < -0.39 is 11.6 Å². The van der Waals surface area contributed by atoms with Crippen LogP contribution in [-0.2, 0) is 4.74 Å². The lowest BCUT2D eigenvalue weighted by Crippen LogP contribution is -2.37. The van der Waals surface area contributed by atoms with Gasteiger partial charge in [-0.15, -0.1) is 11.3 Å². The first-order valence-electron chi connectivity index (χ1n) is 14.5. The Morgan fingerprint density at radius 2 is 1.86 bits per heavy atom. The number of halogens is 3. The summed E-state index contributed by atoms with van der Waals surface area (Å²) >= 11 is 8.11. The molecule has 0 amide bonds. The molecule has 2 atom stereocenters. The van der Waals surface area contributed by atoms with Gasteiger partial charge in [0.05, 0.1) is 22.4 Å². The van der Waals surface area contributed by atoms with Crippen molar-refractivity contribution in [2.24, 2.45) is 16.8 Å². The molecule has 1 aliphatic rings. The quantitative estimate of drug-likeness (QED) is 0.237. The molecule has 0 unspecified atom stereocenters. The zero-order chi connectivity index (χ0) is 31.5. The molecule has 1 aliphatic carbocycles. The van der Waals surface area contributed by atoms with Crippen molar-refractivity contribution in [3.05, 3.63) is 74.6 Å². The molecule has 2 aromatic rings. The number of thiophene rings is 1. The predicted octanol–water partition coefficient (Wildman–Crippen LogP) is 10.5.